The molecular formula is C37H36FNO7. The van der Waals surface area contributed by atoms with Gasteiger partial charge in [0.15, 0.2) is 0 Å². The van der Waals surface area contributed by atoms with Crippen molar-refractivity contribution in [1.82, 2.24) is 5.32 Å². The quantitative estimate of drug-likeness (QED) is 0.122. The third kappa shape index (κ3) is 8.72. The van der Waals surface area contributed by atoms with Crippen LogP contribution in [0.3, 0.4) is 0 Å². The number of ether oxygens (including phenoxy) is 2. The van der Waals surface area contributed by atoms with E-state index in [1.54, 1.807) is 30.3 Å². The molecular weight excluding hydrogens is 589 g/mol. The van der Waals surface area contributed by atoms with Crippen LogP contribution in [0, 0.1) is 5.82 Å². The Morgan fingerprint density at radius 2 is 1.57 bits per heavy atom. The number of carbonyl (C=O) groups is 3. The number of amides is 1. The molecule has 0 atom stereocenters. The van der Waals surface area contributed by atoms with Crippen molar-refractivity contribution in [2.45, 2.75) is 57.1 Å². The molecule has 0 saturated heterocycles. The predicted molar refractivity (Wildman–Crippen MR) is 171 cm³/mol. The molecule has 0 unspecified atom stereocenters. The molecule has 1 aliphatic carbocycles. The van der Waals surface area contributed by atoms with E-state index in [1.165, 1.54) is 12.1 Å². The standard InChI is InChI=1S/C37H36FNO7/c38-29-13-11-25(12-14-29)26-18-28(37(44)39-23-24-6-2-1-3-7-24)22-30(19-26)46-31-20-27(21-31)32-8-4-9-34(33(32)15-16-36(42)43)45-17-5-10-35(40)41/h1-4,6-9,11-14,18-19,22,27,31H,5,10,15-17,20-21,23H2,(H,39,44)(H,40,41)(H,42,43). The Labute approximate surface area is 266 Å². The van der Waals surface area contributed by atoms with Gasteiger partial charge in [-0.25, -0.2) is 4.39 Å². The molecule has 238 valence electrons. The number of hydrogen-bond donors (Lipinski definition) is 3. The van der Waals surface area contributed by atoms with Crippen molar-refractivity contribution in [3.8, 4) is 22.6 Å². The fourth-order valence-corrected chi connectivity index (χ4v) is 5.60. The molecule has 3 N–H and O–H groups in total. The van der Waals surface area contributed by atoms with E-state index in [1.807, 2.05) is 48.5 Å². The summed E-state index contributed by atoms with van der Waals surface area (Å²) in [6.07, 6.45) is 1.80. The molecule has 1 fully saturated rings. The largest absolute Gasteiger partial charge is 0.493 e. The Hall–Kier alpha value is -5.18. The van der Waals surface area contributed by atoms with Gasteiger partial charge in [0, 0.05) is 24.9 Å². The van der Waals surface area contributed by atoms with E-state index in [0.717, 1.165) is 27.8 Å². The van der Waals surface area contributed by atoms with Crippen LogP contribution in [0.5, 0.6) is 11.5 Å². The van der Waals surface area contributed by atoms with Crippen LogP contribution in [0.4, 0.5) is 4.39 Å². The summed E-state index contributed by atoms with van der Waals surface area (Å²) in [5, 5.41) is 21.2. The summed E-state index contributed by atoms with van der Waals surface area (Å²) in [7, 11) is 0. The molecule has 0 heterocycles. The zero-order valence-electron chi connectivity index (χ0n) is 25.3. The lowest BCUT2D eigenvalue weighted by Crippen LogP contribution is -2.33. The monoisotopic (exact) mass is 625 g/mol. The van der Waals surface area contributed by atoms with Crippen molar-refractivity contribution in [1.29, 1.82) is 0 Å². The summed E-state index contributed by atoms with van der Waals surface area (Å²) < 4.78 is 25.9. The number of carboxylic acid groups (broad SMARTS) is 2. The average molecular weight is 626 g/mol. The molecule has 0 spiro atoms. The van der Waals surface area contributed by atoms with Crippen molar-refractivity contribution in [3.63, 3.8) is 0 Å². The number of benzene rings is 4. The number of halogens is 1. The molecule has 4 aromatic carbocycles. The number of carbonyl (C=O) groups excluding carboxylic acids is 1. The number of nitrogens with one attached hydrogen (secondary N) is 1. The molecule has 0 aromatic heterocycles. The molecule has 0 radical (unpaired) electrons. The van der Waals surface area contributed by atoms with E-state index in [4.69, 9.17) is 14.6 Å². The van der Waals surface area contributed by atoms with Gasteiger partial charge in [-0.2, -0.15) is 0 Å². The second-order valence-electron chi connectivity index (χ2n) is 11.4. The molecule has 1 aliphatic rings. The zero-order chi connectivity index (χ0) is 32.5. The minimum absolute atomic E-state index is 0.00937. The zero-order valence-corrected chi connectivity index (χ0v) is 25.3. The van der Waals surface area contributed by atoms with E-state index in [-0.39, 0.29) is 43.2 Å². The summed E-state index contributed by atoms with van der Waals surface area (Å²) in [5.41, 5.74) is 4.69. The maximum absolute atomic E-state index is 13.7. The summed E-state index contributed by atoms with van der Waals surface area (Å²) in [5.74, 6) is -1.20. The number of aliphatic carboxylic acids is 2. The third-order valence-corrected chi connectivity index (χ3v) is 8.03. The van der Waals surface area contributed by atoms with Crippen LogP contribution in [0.15, 0.2) is 91.0 Å². The summed E-state index contributed by atoms with van der Waals surface area (Å²) in [4.78, 5) is 35.5. The molecule has 1 saturated carbocycles. The van der Waals surface area contributed by atoms with Gasteiger partial charge in [-0.1, -0.05) is 54.6 Å². The summed E-state index contributed by atoms with van der Waals surface area (Å²) >= 11 is 0. The van der Waals surface area contributed by atoms with Crippen molar-refractivity contribution >= 4 is 17.8 Å². The maximum Gasteiger partial charge on any atom is 0.303 e. The van der Waals surface area contributed by atoms with Crippen molar-refractivity contribution in [3.05, 3.63) is 119 Å². The van der Waals surface area contributed by atoms with E-state index >= 15 is 0 Å². The first-order chi connectivity index (χ1) is 22.2. The molecule has 46 heavy (non-hydrogen) atoms. The SMILES string of the molecule is O=C(O)CCCOc1cccc(C2CC(Oc3cc(C(=O)NCc4ccccc4)cc(-c4ccc(F)cc4)c3)C2)c1CCC(=O)O. The Kier molecular flexibility index (Phi) is 10.7. The topological polar surface area (TPSA) is 122 Å². The highest BCUT2D eigenvalue weighted by Gasteiger charge is 2.34. The Balaban J connectivity index is 1.31. The molecule has 8 nitrogen and oxygen atoms in total. The highest BCUT2D eigenvalue weighted by molar-refractivity contribution is 5.96. The van der Waals surface area contributed by atoms with Gasteiger partial charge in [-0.05, 0) is 95.8 Å². The van der Waals surface area contributed by atoms with Crippen LogP contribution in [-0.4, -0.2) is 40.8 Å². The lowest BCUT2D eigenvalue weighted by atomic mass is 9.75. The smallest absolute Gasteiger partial charge is 0.303 e. The van der Waals surface area contributed by atoms with Crippen molar-refractivity contribution in [2.24, 2.45) is 0 Å². The molecule has 1 amide bonds. The lowest BCUT2D eigenvalue weighted by molar-refractivity contribution is -0.138. The van der Waals surface area contributed by atoms with E-state index in [2.05, 4.69) is 5.32 Å². The fourth-order valence-electron chi connectivity index (χ4n) is 5.60. The van der Waals surface area contributed by atoms with Crippen molar-refractivity contribution < 1.29 is 38.5 Å². The van der Waals surface area contributed by atoms with Crippen molar-refractivity contribution in [2.75, 3.05) is 6.61 Å². The fraction of sp³-hybridized carbons (Fsp3) is 0.270. The second kappa shape index (κ2) is 15.2. The highest BCUT2D eigenvalue weighted by Crippen LogP contribution is 2.43. The average Bonchev–Trinajstić information content (AvgIpc) is 3.03. The number of carboxylic acids is 2. The van der Waals surface area contributed by atoms with Crippen LogP contribution in [0.1, 0.15) is 65.1 Å². The first kappa shape index (κ1) is 32.2. The Morgan fingerprint density at radius 3 is 2.28 bits per heavy atom. The first-order valence-corrected chi connectivity index (χ1v) is 15.3. The molecule has 5 rings (SSSR count). The third-order valence-electron chi connectivity index (χ3n) is 8.03. The van der Waals surface area contributed by atoms with Gasteiger partial charge in [0.05, 0.1) is 12.7 Å². The molecule has 0 aliphatic heterocycles. The normalized spacial score (nSPS) is 15.4. The molecule has 0 bridgehead atoms. The van der Waals surface area contributed by atoms with Crippen LogP contribution in [-0.2, 0) is 22.6 Å². The highest BCUT2D eigenvalue weighted by atomic mass is 19.1. The minimum atomic E-state index is -0.911. The van der Waals surface area contributed by atoms with Crippen LogP contribution in [0.25, 0.3) is 11.1 Å². The van der Waals surface area contributed by atoms with E-state index in [0.29, 0.717) is 49.3 Å². The Morgan fingerprint density at radius 1 is 0.826 bits per heavy atom. The summed E-state index contributed by atoms with van der Waals surface area (Å²) in [6.45, 7) is 0.589. The van der Waals surface area contributed by atoms with Gasteiger partial charge in [0.2, 0.25) is 0 Å². The van der Waals surface area contributed by atoms with Gasteiger partial charge in [-0.15, -0.1) is 0 Å². The van der Waals surface area contributed by atoms with Gasteiger partial charge < -0.3 is 25.0 Å². The predicted octanol–water partition coefficient (Wildman–Crippen LogP) is 7.01. The van der Waals surface area contributed by atoms with Gasteiger partial charge >= 0.3 is 11.9 Å². The first-order valence-electron chi connectivity index (χ1n) is 15.3. The van der Waals surface area contributed by atoms with Crippen LogP contribution in [0.2, 0.25) is 0 Å². The lowest BCUT2D eigenvalue weighted by Gasteiger charge is -2.37. The van der Waals surface area contributed by atoms with E-state index < -0.39 is 11.9 Å². The van der Waals surface area contributed by atoms with Gasteiger partial charge in [0.1, 0.15) is 17.3 Å². The van der Waals surface area contributed by atoms with Crippen LogP contribution < -0.4 is 14.8 Å². The summed E-state index contributed by atoms with van der Waals surface area (Å²) in [6, 6.07) is 26.6. The van der Waals surface area contributed by atoms with Gasteiger partial charge in [0.25, 0.3) is 5.91 Å². The minimum Gasteiger partial charge on any atom is -0.493 e. The maximum atomic E-state index is 13.7. The van der Waals surface area contributed by atoms with E-state index in [9.17, 15) is 23.9 Å². The number of rotatable bonds is 15. The van der Waals surface area contributed by atoms with Gasteiger partial charge in [-0.3, -0.25) is 14.4 Å². The number of hydrogen-bond acceptors (Lipinski definition) is 5. The molecule has 4 aromatic rings. The van der Waals surface area contributed by atoms with Crippen LogP contribution >= 0.6 is 0 Å². The second-order valence-corrected chi connectivity index (χ2v) is 11.4. The molecule has 9 heteroatoms. The Bertz CT molecular complexity index is 1670.